The van der Waals surface area contributed by atoms with Gasteiger partial charge in [-0.25, -0.2) is 18.2 Å². The highest BCUT2D eigenvalue weighted by molar-refractivity contribution is 9.10. The fraction of sp³-hybridized carbons (Fsp3) is 0.154. The van der Waals surface area contributed by atoms with Crippen LogP contribution in [0.3, 0.4) is 0 Å². The molecule has 0 bridgehead atoms. The van der Waals surface area contributed by atoms with Gasteiger partial charge in [0.05, 0.1) is 11.4 Å². The quantitative estimate of drug-likeness (QED) is 0.674. The summed E-state index contributed by atoms with van der Waals surface area (Å²) in [5.74, 6) is -3.04. The van der Waals surface area contributed by atoms with Crippen molar-refractivity contribution in [1.82, 2.24) is 4.98 Å². The summed E-state index contributed by atoms with van der Waals surface area (Å²) >= 11 is 3.23. The van der Waals surface area contributed by atoms with Crippen LogP contribution >= 0.6 is 15.9 Å². The van der Waals surface area contributed by atoms with Gasteiger partial charge < -0.3 is 5.32 Å². The Kier molecular flexibility index (Phi) is 4.09. The normalized spacial score (nSPS) is 10.6. The largest absolute Gasteiger partial charge is 0.379 e. The number of aromatic nitrogens is 1. The Bertz CT molecular complexity index is 617. The molecule has 2 aromatic rings. The summed E-state index contributed by atoms with van der Waals surface area (Å²) in [5, 5.41) is 2.93. The van der Waals surface area contributed by atoms with Gasteiger partial charge in [-0.1, -0.05) is 0 Å². The number of aryl methyl sites for hydroxylation is 1. The molecule has 0 radical (unpaired) electrons. The lowest BCUT2D eigenvalue weighted by Gasteiger charge is -2.10. The van der Waals surface area contributed by atoms with Crippen LogP contribution in [0.2, 0.25) is 0 Å². The summed E-state index contributed by atoms with van der Waals surface area (Å²) < 4.78 is 39.9. The standard InChI is InChI=1S/C13H10BrF3N2/c1-7-12(2-3-13(14)19-7)18-6-8-4-10(16)11(17)5-9(8)15/h2-5,18H,6H2,1H3. The third-order valence-corrected chi connectivity index (χ3v) is 3.05. The smallest absolute Gasteiger partial charge is 0.161 e. The number of nitrogens with zero attached hydrogens (tertiary/aromatic N) is 1. The fourth-order valence-electron chi connectivity index (χ4n) is 1.61. The first-order valence-corrected chi connectivity index (χ1v) is 6.27. The van der Waals surface area contributed by atoms with Crippen LogP contribution in [0.25, 0.3) is 0 Å². The van der Waals surface area contributed by atoms with Crippen LogP contribution in [0.15, 0.2) is 28.9 Å². The third kappa shape index (κ3) is 3.26. The molecular weight excluding hydrogens is 321 g/mol. The predicted molar refractivity (Wildman–Crippen MR) is 70.3 cm³/mol. The Morgan fingerprint density at radius 1 is 1.11 bits per heavy atom. The summed E-state index contributed by atoms with van der Waals surface area (Å²) in [6.45, 7) is 1.84. The predicted octanol–water partition coefficient (Wildman–Crippen LogP) is 4.18. The molecule has 0 aliphatic heterocycles. The molecule has 0 unspecified atom stereocenters. The lowest BCUT2D eigenvalue weighted by atomic mass is 10.2. The molecule has 0 saturated carbocycles. The molecule has 0 fully saturated rings. The van der Waals surface area contributed by atoms with Crippen molar-refractivity contribution in [3.63, 3.8) is 0 Å². The topological polar surface area (TPSA) is 24.9 Å². The molecule has 0 atom stereocenters. The molecule has 1 aromatic carbocycles. The molecule has 2 nitrogen and oxygen atoms in total. The van der Waals surface area contributed by atoms with E-state index < -0.39 is 17.5 Å². The number of pyridine rings is 1. The average molecular weight is 331 g/mol. The molecule has 1 heterocycles. The number of rotatable bonds is 3. The van der Waals surface area contributed by atoms with E-state index >= 15 is 0 Å². The number of anilines is 1. The van der Waals surface area contributed by atoms with E-state index in [1.165, 1.54) is 0 Å². The van der Waals surface area contributed by atoms with E-state index in [2.05, 4.69) is 26.2 Å². The van der Waals surface area contributed by atoms with Crippen molar-refractivity contribution in [3.05, 3.63) is 57.6 Å². The summed E-state index contributed by atoms with van der Waals surface area (Å²) in [6, 6.07) is 4.89. The zero-order valence-corrected chi connectivity index (χ0v) is 11.6. The van der Waals surface area contributed by atoms with Crippen molar-refractivity contribution in [2.45, 2.75) is 13.5 Å². The van der Waals surface area contributed by atoms with Gasteiger partial charge in [0.25, 0.3) is 0 Å². The Morgan fingerprint density at radius 3 is 2.47 bits per heavy atom. The molecule has 6 heteroatoms. The van der Waals surface area contributed by atoms with Crippen LogP contribution in [0.4, 0.5) is 18.9 Å². The monoisotopic (exact) mass is 330 g/mol. The van der Waals surface area contributed by atoms with Gasteiger partial charge in [0.2, 0.25) is 0 Å². The minimum atomic E-state index is -1.19. The molecule has 19 heavy (non-hydrogen) atoms. The molecule has 1 N–H and O–H groups in total. The maximum absolute atomic E-state index is 13.4. The number of hydrogen-bond donors (Lipinski definition) is 1. The first-order chi connectivity index (χ1) is 8.97. The molecule has 0 aliphatic rings. The van der Waals surface area contributed by atoms with Crippen LogP contribution in [-0.4, -0.2) is 4.98 Å². The number of nitrogens with one attached hydrogen (secondary N) is 1. The first kappa shape index (κ1) is 13.9. The van der Waals surface area contributed by atoms with E-state index in [1.807, 2.05) is 0 Å². The Morgan fingerprint density at radius 2 is 1.79 bits per heavy atom. The molecule has 1 aromatic heterocycles. The highest BCUT2D eigenvalue weighted by Gasteiger charge is 2.10. The number of hydrogen-bond acceptors (Lipinski definition) is 2. The second-order valence-corrected chi connectivity index (χ2v) is 4.79. The minimum absolute atomic E-state index is 0.0488. The van der Waals surface area contributed by atoms with Crippen LogP contribution in [0.1, 0.15) is 11.3 Å². The van der Waals surface area contributed by atoms with E-state index in [4.69, 9.17) is 0 Å². The van der Waals surface area contributed by atoms with E-state index in [0.717, 1.165) is 11.8 Å². The summed E-state index contributed by atoms with van der Waals surface area (Å²) in [6.07, 6.45) is 0. The molecule has 2 rings (SSSR count). The first-order valence-electron chi connectivity index (χ1n) is 5.48. The Labute approximate surface area is 116 Å². The third-order valence-electron chi connectivity index (χ3n) is 2.61. The van der Waals surface area contributed by atoms with Crippen LogP contribution in [-0.2, 0) is 6.54 Å². The van der Waals surface area contributed by atoms with E-state index in [1.54, 1.807) is 19.1 Å². The minimum Gasteiger partial charge on any atom is -0.379 e. The highest BCUT2D eigenvalue weighted by Crippen LogP contribution is 2.19. The summed E-state index contributed by atoms with van der Waals surface area (Å²) in [5.41, 5.74) is 1.48. The second-order valence-electron chi connectivity index (χ2n) is 3.98. The van der Waals surface area contributed by atoms with Crippen LogP contribution in [0.5, 0.6) is 0 Å². The SMILES string of the molecule is Cc1nc(Br)ccc1NCc1cc(F)c(F)cc1F. The molecule has 100 valence electrons. The van der Waals surface area contributed by atoms with Gasteiger partial charge in [0, 0.05) is 18.2 Å². The van der Waals surface area contributed by atoms with E-state index in [9.17, 15) is 13.2 Å². The van der Waals surface area contributed by atoms with Gasteiger partial charge >= 0.3 is 0 Å². The van der Waals surface area contributed by atoms with Crippen molar-refractivity contribution in [2.75, 3.05) is 5.32 Å². The van der Waals surface area contributed by atoms with Gasteiger partial charge in [-0.3, -0.25) is 0 Å². The zero-order valence-electron chi connectivity index (χ0n) is 9.98. The highest BCUT2D eigenvalue weighted by atomic mass is 79.9. The summed E-state index contributed by atoms with van der Waals surface area (Å²) in [7, 11) is 0. The molecule has 0 amide bonds. The number of halogens is 4. The van der Waals surface area contributed by atoms with Gasteiger partial charge in [-0.2, -0.15) is 0 Å². The van der Waals surface area contributed by atoms with Gasteiger partial charge in [-0.15, -0.1) is 0 Å². The lowest BCUT2D eigenvalue weighted by molar-refractivity contribution is 0.490. The Balaban J connectivity index is 2.16. The maximum atomic E-state index is 13.4. The van der Waals surface area contributed by atoms with Crippen molar-refractivity contribution in [1.29, 1.82) is 0 Å². The molecule has 0 saturated heterocycles. The lowest BCUT2D eigenvalue weighted by Crippen LogP contribution is -2.05. The van der Waals surface area contributed by atoms with Crippen molar-refractivity contribution < 1.29 is 13.2 Å². The second kappa shape index (κ2) is 5.61. The fourth-order valence-corrected chi connectivity index (χ4v) is 2.01. The van der Waals surface area contributed by atoms with Crippen LogP contribution < -0.4 is 5.32 Å². The van der Waals surface area contributed by atoms with Gasteiger partial charge in [0.15, 0.2) is 11.6 Å². The van der Waals surface area contributed by atoms with Crippen molar-refractivity contribution in [3.8, 4) is 0 Å². The molecular formula is C13H10BrF3N2. The zero-order chi connectivity index (χ0) is 14.0. The molecule has 0 spiro atoms. The van der Waals surface area contributed by atoms with Crippen LogP contribution in [0, 0.1) is 24.4 Å². The van der Waals surface area contributed by atoms with Gasteiger partial charge in [-0.05, 0) is 41.1 Å². The summed E-state index contributed by atoms with van der Waals surface area (Å²) in [4.78, 5) is 4.17. The molecule has 0 aliphatic carbocycles. The Hall–Kier alpha value is -1.56. The average Bonchev–Trinajstić information content (AvgIpc) is 2.34. The number of benzene rings is 1. The van der Waals surface area contributed by atoms with Gasteiger partial charge in [0.1, 0.15) is 10.4 Å². The van der Waals surface area contributed by atoms with Crippen molar-refractivity contribution in [2.24, 2.45) is 0 Å². The van der Waals surface area contributed by atoms with E-state index in [0.29, 0.717) is 16.4 Å². The van der Waals surface area contributed by atoms with E-state index in [-0.39, 0.29) is 12.1 Å². The maximum Gasteiger partial charge on any atom is 0.161 e. The van der Waals surface area contributed by atoms with Crippen molar-refractivity contribution >= 4 is 21.6 Å².